The zero-order valence-electron chi connectivity index (χ0n) is 17.8. The Bertz CT molecular complexity index is 815. The SMILES string of the molecule is CCNC(=NCc1ccc(S(C)(=O)=O)c(C)c1)NCCNC(=O)CC1CCCC1. The summed E-state index contributed by atoms with van der Waals surface area (Å²) in [4.78, 5) is 16.9. The lowest BCUT2D eigenvalue weighted by molar-refractivity contribution is -0.121. The minimum atomic E-state index is -3.22. The second-order valence-corrected chi connectivity index (χ2v) is 9.68. The highest BCUT2D eigenvalue weighted by molar-refractivity contribution is 7.90. The molecule has 2 rings (SSSR count). The quantitative estimate of drug-likeness (QED) is 0.322. The van der Waals surface area contributed by atoms with Gasteiger partial charge in [0.2, 0.25) is 5.91 Å². The predicted octanol–water partition coefficient (Wildman–Crippen LogP) is 2.15. The lowest BCUT2D eigenvalue weighted by Gasteiger charge is -2.13. The van der Waals surface area contributed by atoms with E-state index in [4.69, 9.17) is 0 Å². The minimum Gasteiger partial charge on any atom is -0.357 e. The number of carbonyl (C=O) groups excluding carboxylic acids is 1. The van der Waals surface area contributed by atoms with Crippen molar-refractivity contribution in [2.24, 2.45) is 10.9 Å². The van der Waals surface area contributed by atoms with E-state index in [1.54, 1.807) is 19.1 Å². The Morgan fingerprint density at radius 3 is 2.45 bits per heavy atom. The molecule has 162 valence electrons. The molecule has 0 heterocycles. The van der Waals surface area contributed by atoms with Crippen LogP contribution in [0.4, 0.5) is 0 Å². The second-order valence-electron chi connectivity index (χ2n) is 7.70. The molecule has 0 aliphatic heterocycles. The molecule has 0 aromatic heterocycles. The first-order valence-corrected chi connectivity index (χ1v) is 12.3. The lowest BCUT2D eigenvalue weighted by atomic mass is 10.0. The molecule has 8 heteroatoms. The monoisotopic (exact) mass is 422 g/mol. The number of hydrogen-bond donors (Lipinski definition) is 3. The number of nitrogens with zero attached hydrogens (tertiary/aromatic N) is 1. The summed E-state index contributed by atoms with van der Waals surface area (Å²) in [5.41, 5.74) is 1.67. The van der Waals surface area contributed by atoms with Crippen molar-refractivity contribution in [3.8, 4) is 0 Å². The van der Waals surface area contributed by atoms with E-state index in [1.165, 1.54) is 31.9 Å². The first-order valence-electron chi connectivity index (χ1n) is 10.4. The summed E-state index contributed by atoms with van der Waals surface area (Å²) >= 11 is 0. The molecule has 1 amide bonds. The van der Waals surface area contributed by atoms with E-state index in [2.05, 4.69) is 20.9 Å². The number of amides is 1. The molecule has 1 aromatic carbocycles. The Morgan fingerprint density at radius 2 is 1.83 bits per heavy atom. The molecule has 3 N–H and O–H groups in total. The van der Waals surface area contributed by atoms with Crippen LogP contribution in [0.15, 0.2) is 28.1 Å². The fraction of sp³-hybridized carbons (Fsp3) is 0.619. The maximum absolute atomic E-state index is 12.0. The zero-order chi connectivity index (χ0) is 21.3. The summed E-state index contributed by atoms with van der Waals surface area (Å²) in [6.45, 7) is 6.10. The molecule has 0 radical (unpaired) electrons. The lowest BCUT2D eigenvalue weighted by Crippen LogP contribution is -2.41. The van der Waals surface area contributed by atoms with Crippen molar-refractivity contribution >= 4 is 21.7 Å². The van der Waals surface area contributed by atoms with Crippen molar-refractivity contribution in [3.05, 3.63) is 29.3 Å². The van der Waals surface area contributed by atoms with Gasteiger partial charge in [0, 0.05) is 32.3 Å². The number of aliphatic imine (C=N–C) groups is 1. The average molecular weight is 423 g/mol. The Kier molecular flexibility index (Phi) is 8.95. The van der Waals surface area contributed by atoms with Gasteiger partial charge in [0.1, 0.15) is 0 Å². The highest BCUT2D eigenvalue weighted by Crippen LogP contribution is 2.27. The van der Waals surface area contributed by atoms with Gasteiger partial charge in [-0.1, -0.05) is 25.0 Å². The molecular formula is C21H34N4O3S. The number of hydrogen-bond acceptors (Lipinski definition) is 4. The predicted molar refractivity (Wildman–Crippen MR) is 117 cm³/mol. The van der Waals surface area contributed by atoms with Crippen LogP contribution in [0.25, 0.3) is 0 Å². The molecule has 1 saturated carbocycles. The molecule has 1 aliphatic carbocycles. The topological polar surface area (TPSA) is 99.7 Å². The van der Waals surface area contributed by atoms with Crippen molar-refractivity contribution in [1.29, 1.82) is 0 Å². The van der Waals surface area contributed by atoms with Crippen LogP contribution < -0.4 is 16.0 Å². The van der Waals surface area contributed by atoms with Crippen LogP contribution in [0, 0.1) is 12.8 Å². The third-order valence-corrected chi connectivity index (χ3v) is 6.35. The molecule has 29 heavy (non-hydrogen) atoms. The van der Waals surface area contributed by atoms with Gasteiger partial charge in [-0.2, -0.15) is 0 Å². The molecule has 0 atom stereocenters. The molecule has 0 unspecified atom stereocenters. The van der Waals surface area contributed by atoms with Gasteiger partial charge in [-0.3, -0.25) is 4.79 Å². The summed E-state index contributed by atoms with van der Waals surface area (Å²) in [7, 11) is -3.22. The van der Waals surface area contributed by atoms with E-state index in [1.807, 2.05) is 13.0 Å². The van der Waals surface area contributed by atoms with Crippen molar-refractivity contribution in [1.82, 2.24) is 16.0 Å². The van der Waals surface area contributed by atoms with E-state index >= 15 is 0 Å². The first kappa shape index (κ1) is 23.2. The van der Waals surface area contributed by atoms with E-state index in [9.17, 15) is 13.2 Å². The molecule has 0 saturated heterocycles. The van der Waals surface area contributed by atoms with Gasteiger partial charge in [-0.15, -0.1) is 0 Å². The van der Waals surface area contributed by atoms with E-state index in [0.29, 0.717) is 42.8 Å². The summed E-state index contributed by atoms with van der Waals surface area (Å²) in [6.07, 6.45) is 6.70. The highest BCUT2D eigenvalue weighted by atomic mass is 32.2. The number of sulfone groups is 1. The summed E-state index contributed by atoms with van der Waals surface area (Å²) in [5, 5.41) is 9.37. The van der Waals surface area contributed by atoms with E-state index in [0.717, 1.165) is 17.7 Å². The summed E-state index contributed by atoms with van der Waals surface area (Å²) in [5.74, 6) is 1.35. The fourth-order valence-corrected chi connectivity index (χ4v) is 4.63. The van der Waals surface area contributed by atoms with E-state index < -0.39 is 9.84 Å². The van der Waals surface area contributed by atoms with Gasteiger partial charge in [-0.05, 0) is 49.8 Å². The first-order chi connectivity index (χ1) is 13.8. The zero-order valence-corrected chi connectivity index (χ0v) is 18.6. The molecular weight excluding hydrogens is 388 g/mol. The Balaban J connectivity index is 1.81. The fourth-order valence-electron chi connectivity index (χ4n) is 3.67. The third-order valence-electron chi connectivity index (χ3n) is 5.09. The third kappa shape index (κ3) is 8.04. The van der Waals surface area contributed by atoms with Gasteiger partial charge in [0.25, 0.3) is 0 Å². The van der Waals surface area contributed by atoms with Crippen molar-refractivity contribution < 1.29 is 13.2 Å². The van der Waals surface area contributed by atoms with Gasteiger partial charge >= 0.3 is 0 Å². The van der Waals surface area contributed by atoms with E-state index in [-0.39, 0.29) is 5.91 Å². The summed E-state index contributed by atoms with van der Waals surface area (Å²) < 4.78 is 23.5. The molecule has 0 bridgehead atoms. The van der Waals surface area contributed by atoms with Crippen LogP contribution in [0.2, 0.25) is 0 Å². The van der Waals surface area contributed by atoms with Gasteiger partial charge < -0.3 is 16.0 Å². The smallest absolute Gasteiger partial charge is 0.220 e. The van der Waals surface area contributed by atoms with Crippen LogP contribution in [0.1, 0.15) is 50.2 Å². The van der Waals surface area contributed by atoms with Gasteiger partial charge in [-0.25, -0.2) is 13.4 Å². The van der Waals surface area contributed by atoms with Gasteiger partial charge in [0.15, 0.2) is 15.8 Å². The van der Waals surface area contributed by atoms with Crippen LogP contribution >= 0.6 is 0 Å². The Hall–Kier alpha value is -2.09. The van der Waals surface area contributed by atoms with Crippen molar-refractivity contribution in [2.45, 2.75) is 57.4 Å². The summed E-state index contributed by atoms with van der Waals surface area (Å²) in [6, 6.07) is 5.28. The van der Waals surface area contributed by atoms with Crippen LogP contribution in [-0.4, -0.2) is 46.2 Å². The highest BCUT2D eigenvalue weighted by Gasteiger charge is 2.18. The van der Waals surface area contributed by atoms with Crippen LogP contribution in [-0.2, 0) is 21.2 Å². The Labute approximate surface area is 174 Å². The largest absolute Gasteiger partial charge is 0.357 e. The Morgan fingerprint density at radius 1 is 1.14 bits per heavy atom. The number of aryl methyl sites for hydroxylation is 1. The standard InChI is InChI=1S/C21H34N4O3S/c1-4-22-21(24-12-11-23-20(26)14-17-7-5-6-8-17)25-15-18-9-10-19(16(2)13-18)29(3,27)28/h9-10,13,17H,4-8,11-12,14-15H2,1-3H3,(H,23,26)(H2,22,24,25). The maximum Gasteiger partial charge on any atom is 0.220 e. The minimum absolute atomic E-state index is 0.127. The maximum atomic E-state index is 12.0. The van der Waals surface area contributed by atoms with Crippen molar-refractivity contribution in [2.75, 3.05) is 25.9 Å². The number of rotatable bonds is 9. The normalized spacial score (nSPS) is 15.3. The van der Waals surface area contributed by atoms with Gasteiger partial charge in [0.05, 0.1) is 11.4 Å². The molecule has 0 spiro atoms. The molecule has 1 aliphatic rings. The van der Waals surface area contributed by atoms with Crippen LogP contribution in [0.3, 0.4) is 0 Å². The molecule has 1 aromatic rings. The molecule has 7 nitrogen and oxygen atoms in total. The molecule has 1 fully saturated rings. The van der Waals surface area contributed by atoms with Crippen molar-refractivity contribution in [3.63, 3.8) is 0 Å². The van der Waals surface area contributed by atoms with Crippen LogP contribution in [0.5, 0.6) is 0 Å². The average Bonchev–Trinajstić information content (AvgIpc) is 3.15. The second kappa shape index (κ2) is 11.2. The number of carbonyl (C=O) groups is 1. The number of nitrogens with one attached hydrogen (secondary N) is 3. The number of guanidine groups is 1. The number of benzene rings is 1.